The normalized spacial score (nSPS) is 14.9. The number of hydrogen-bond acceptors (Lipinski definition) is 2. The Morgan fingerprint density at radius 2 is 2.35 bits per heavy atom. The van der Waals surface area contributed by atoms with Crippen LogP contribution < -0.4 is 10.6 Å². The van der Waals surface area contributed by atoms with E-state index in [1.807, 2.05) is 0 Å². The lowest BCUT2D eigenvalue weighted by Crippen LogP contribution is -2.28. The van der Waals surface area contributed by atoms with Crippen molar-refractivity contribution in [3.63, 3.8) is 0 Å². The fourth-order valence-corrected chi connectivity index (χ4v) is 1.75. The highest BCUT2D eigenvalue weighted by Gasteiger charge is 2.22. The number of carbonyl (C=O) groups is 1. The lowest BCUT2D eigenvalue weighted by Gasteiger charge is -2.04. The van der Waals surface area contributed by atoms with E-state index in [0.29, 0.717) is 12.5 Å². The minimum Gasteiger partial charge on any atom is -0.354 e. The standard InChI is InChI=1S/C13H21N3O/c1-2-16-8-6-11(10-16)9-14-7-5-13(17)15-12-3-4-12/h6,8,10,12,14H,2-5,7,9H2,1H3,(H,15,17). The number of amides is 1. The Labute approximate surface area is 102 Å². The summed E-state index contributed by atoms with van der Waals surface area (Å²) in [5.74, 6) is 0.172. The number of nitrogens with zero attached hydrogens (tertiary/aromatic N) is 1. The molecule has 1 aliphatic rings. The lowest BCUT2D eigenvalue weighted by molar-refractivity contribution is -0.121. The maximum atomic E-state index is 11.4. The van der Waals surface area contributed by atoms with Gasteiger partial charge < -0.3 is 15.2 Å². The number of aromatic nitrogens is 1. The van der Waals surface area contributed by atoms with Gasteiger partial charge in [-0.25, -0.2) is 0 Å². The van der Waals surface area contributed by atoms with Crippen molar-refractivity contribution in [3.8, 4) is 0 Å². The third-order valence-electron chi connectivity index (χ3n) is 2.98. The highest BCUT2D eigenvalue weighted by atomic mass is 16.1. The Morgan fingerprint density at radius 1 is 1.53 bits per heavy atom. The molecule has 94 valence electrons. The van der Waals surface area contributed by atoms with Crippen LogP contribution in [0, 0.1) is 0 Å². The summed E-state index contributed by atoms with van der Waals surface area (Å²) in [5, 5.41) is 6.27. The molecule has 2 N–H and O–H groups in total. The van der Waals surface area contributed by atoms with E-state index in [2.05, 4.69) is 40.6 Å². The molecule has 2 rings (SSSR count). The van der Waals surface area contributed by atoms with E-state index >= 15 is 0 Å². The van der Waals surface area contributed by atoms with Crippen molar-refractivity contribution in [1.82, 2.24) is 15.2 Å². The maximum absolute atomic E-state index is 11.4. The van der Waals surface area contributed by atoms with Gasteiger partial charge in [-0.15, -0.1) is 0 Å². The molecule has 1 saturated carbocycles. The van der Waals surface area contributed by atoms with Crippen molar-refractivity contribution in [1.29, 1.82) is 0 Å². The number of rotatable bonds is 7. The van der Waals surface area contributed by atoms with Crippen molar-refractivity contribution in [2.24, 2.45) is 0 Å². The summed E-state index contributed by atoms with van der Waals surface area (Å²) in [6.45, 7) is 4.71. The Morgan fingerprint density at radius 3 is 3.00 bits per heavy atom. The van der Waals surface area contributed by atoms with Crippen LogP contribution in [0.15, 0.2) is 18.5 Å². The van der Waals surface area contributed by atoms with Crippen LogP contribution in [0.25, 0.3) is 0 Å². The fourth-order valence-electron chi connectivity index (χ4n) is 1.75. The predicted molar refractivity (Wildman–Crippen MR) is 67.6 cm³/mol. The molecule has 0 unspecified atom stereocenters. The monoisotopic (exact) mass is 235 g/mol. The zero-order valence-corrected chi connectivity index (χ0v) is 10.4. The first-order valence-electron chi connectivity index (χ1n) is 6.42. The molecule has 1 amide bonds. The van der Waals surface area contributed by atoms with Gasteiger partial charge in [-0.3, -0.25) is 4.79 Å². The molecule has 0 atom stereocenters. The number of nitrogens with one attached hydrogen (secondary N) is 2. The number of carbonyl (C=O) groups excluding carboxylic acids is 1. The van der Waals surface area contributed by atoms with E-state index in [1.165, 1.54) is 5.56 Å². The average Bonchev–Trinajstić information content (AvgIpc) is 3.01. The van der Waals surface area contributed by atoms with E-state index in [-0.39, 0.29) is 5.91 Å². The van der Waals surface area contributed by atoms with E-state index < -0.39 is 0 Å². The summed E-state index contributed by atoms with van der Waals surface area (Å²) in [5.41, 5.74) is 1.27. The minimum absolute atomic E-state index is 0.172. The molecule has 17 heavy (non-hydrogen) atoms. The molecule has 0 aliphatic heterocycles. The van der Waals surface area contributed by atoms with Crippen molar-refractivity contribution < 1.29 is 4.79 Å². The lowest BCUT2D eigenvalue weighted by atomic mass is 10.3. The average molecular weight is 235 g/mol. The first-order valence-corrected chi connectivity index (χ1v) is 6.42. The molecular weight excluding hydrogens is 214 g/mol. The van der Waals surface area contributed by atoms with Gasteiger partial charge in [0.2, 0.25) is 5.91 Å². The van der Waals surface area contributed by atoms with Crippen molar-refractivity contribution in [2.45, 2.75) is 45.3 Å². The second kappa shape index (κ2) is 5.87. The smallest absolute Gasteiger partial charge is 0.221 e. The van der Waals surface area contributed by atoms with Gasteiger partial charge in [-0.2, -0.15) is 0 Å². The van der Waals surface area contributed by atoms with Gasteiger partial charge in [-0.05, 0) is 31.4 Å². The molecule has 0 aromatic carbocycles. The SMILES string of the molecule is CCn1ccc(CNCCC(=O)NC2CC2)c1. The van der Waals surface area contributed by atoms with Crippen LogP contribution in [0.4, 0.5) is 0 Å². The maximum Gasteiger partial charge on any atom is 0.221 e. The Kier molecular flexibility index (Phi) is 4.20. The quantitative estimate of drug-likeness (QED) is 0.699. The molecule has 1 aliphatic carbocycles. The molecule has 0 radical (unpaired) electrons. The summed E-state index contributed by atoms with van der Waals surface area (Å²) in [7, 11) is 0. The Hall–Kier alpha value is -1.29. The van der Waals surface area contributed by atoms with E-state index in [4.69, 9.17) is 0 Å². The van der Waals surface area contributed by atoms with E-state index in [0.717, 1.165) is 32.5 Å². The largest absolute Gasteiger partial charge is 0.354 e. The molecule has 1 fully saturated rings. The third kappa shape index (κ3) is 4.23. The fraction of sp³-hybridized carbons (Fsp3) is 0.615. The molecular formula is C13H21N3O. The number of aryl methyl sites for hydroxylation is 1. The van der Waals surface area contributed by atoms with Crippen LogP contribution in [-0.4, -0.2) is 23.1 Å². The van der Waals surface area contributed by atoms with Gasteiger partial charge in [0.05, 0.1) is 0 Å². The molecule has 4 nitrogen and oxygen atoms in total. The summed E-state index contributed by atoms with van der Waals surface area (Å²) in [4.78, 5) is 11.4. The summed E-state index contributed by atoms with van der Waals surface area (Å²) >= 11 is 0. The van der Waals surface area contributed by atoms with Gasteiger partial charge >= 0.3 is 0 Å². The molecule has 1 heterocycles. The van der Waals surface area contributed by atoms with Gasteiger partial charge in [0.25, 0.3) is 0 Å². The van der Waals surface area contributed by atoms with Gasteiger partial charge in [-0.1, -0.05) is 0 Å². The second-order valence-electron chi connectivity index (χ2n) is 4.62. The summed E-state index contributed by atoms with van der Waals surface area (Å²) in [6, 6.07) is 2.59. The predicted octanol–water partition coefficient (Wildman–Crippen LogP) is 1.27. The van der Waals surface area contributed by atoms with Crippen LogP contribution in [0.2, 0.25) is 0 Å². The summed E-state index contributed by atoms with van der Waals surface area (Å²) < 4.78 is 2.15. The highest BCUT2D eigenvalue weighted by Crippen LogP contribution is 2.18. The van der Waals surface area contributed by atoms with Crippen LogP contribution in [0.5, 0.6) is 0 Å². The van der Waals surface area contributed by atoms with Crippen molar-refractivity contribution in [3.05, 3.63) is 24.0 Å². The minimum atomic E-state index is 0.172. The molecule has 0 saturated heterocycles. The Balaban J connectivity index is 1.57. The van der Waals surface area contributed by atoms with Crippen LogP contribution in [-0.2, 0) is 17.9 Å². The molecule has 4 heteroatoms. The van der Waals surface area contributed by atoms with E-state index in [9.17, 15) is 4.79 Å². The van der Waals surface area contributed by atoms with Crippen LogP contribution in [0.3, 0.4) is 0 Å². The van der Waals surface area contributed by atoms with Gasteiger partial charge in [0.15, 0.2) is 0 Å². The zero-order chi connectivity index (χ0) is 12.1. The molecule has 0 bridgehead atoms. The second-order valence-corrected chi connectivity index (χ2v) is 4.62. The number of hydrogen-bond donors (Lipinski definition) is 2. The molecule has 1 aromatic rings. The highest BCUT2D eigenvalue weighted by molar-refractivity contribution is 5.76. The van der Waals surface area contributed by atoms with E-state index in [1.54, 1.807) is 0 Å². The summed E-state index contributed by atoms with van der Waals surface area (Å²) in [6.07, 6.45) is 7.10. The third-order valence-corrected chi connectivity index (χ3v) is 2.98. The van der Waals surface area contributed by atoms with Gasteiger partial charge in [0, 0.05) is 44.5 Å². The van der Waals surface area contributed by atoms with Crippen molar-refractivity contribution in [2.75, 3.05) is 6.54 Å². The van der Waals surface area contributed by atoms with Crippen molar-refractivity contribution >= 4 is 5.91 Å². The zero-order valence-electron chi connectivity index (χ0n) is 10.4. The first kappa shape index (κ1) is 12.2. The Bertz CT molecular complexity index is 368. The molecule has 0 spiro atoms. The van der Waals surface area contributed by atoms with Crippen LogP contribution in [0.1, 0.15) is 31.7 Å². The molecule has 1 aromatic heterocycles. The first-order chi connectivity index (χ1) is 8.28. The van der Waals surface area contributed by atoms with Gasteiger partial charge in [0.1, 0.15) is 0 Å². The van der Waals surface area contributed by atoms with Crippen LogP contribution >= 0.6 is 0 Å². The topological polar surface area (TPSA) is 46.1 Å².